The van der Waals surface area contributed by atoms with E-state index in [1.54, 1.807) is 0 Å². The highest BCUT2D eigenvalue weighted by atomic mass is 32.1. The average molecular weight is 859 g/mol. The highest BCUT2D eigenvalue weighted by Gasteiger charge is 2.20. The van der Waals surface area contributed by atoms with Crippen LogP contribution >= 0.6 is 11.3 Å². The fraction of sp³-hybridized carbons (Fsp3) is 0. The number of rotatable bonds is 6. The molecule has 0 radical (unpaired) electrons. The third-order valence-corrected chi connectivity index (χ3v) is 14.7. The summed E-state index contributed by atoms with van der Waals surface area (Å²) in [5.74, 6) is 0. The number of hydrogen-bond acceptors (Lipinski definition) is 3. The predicted molar refractivity (Wildman–Crippen MR) is 282 cm³/mol. The summed E-state index contributed by atoms with van der Waals surface area (Å²) in [6, 6.07) is 84.1. The van der Waals surface area contributed by atoms with Crippen LogP contribution in [-0.4, -0.2) is 4.57 Å². The van der Waals surface area contributed by atoms with Gasteiger partial charge < -0.3 is 13.9 Å². The van der Waals surface area contributed by atoms with Gasteiger partial charge in [-0.15, -0.1) is 11.3 Å². The number of nitrogens with zero attached hydrogens (tertiary/aromatic N) is 2. The molecule has 0 atom stereocenters. The molecule has 0 fully saturated rings. The number of fused-ring (bicyclic) bond motifs is 12. The van der Waals surface area contributed by atoms with Crippen molar-refractivity contribution < 1.29 is 4.42 Å². The Labute approximate surface area is 384 Å². The molecule has 0 unspecified atom stereocenters. The third kappa shape index (κ3) is 5.69. The van der Waals surface area contributed by atoms with Crippen molar-refractivity contribution in [2.45, 2.75) is 0 Å². The standard InChI is InChI=1S/C62H38N2OS/c1-2-12-39(13-3-1)46-17-10-19-48-49(46)33-25-40-24-27-44(37-54(40)48)63(42-28-30-43(31-29-42)64-56-20-7-4-14-50(56)51-15-5-8-21-57(51)64)45-32-35-60-55(38-45)62-47(18-11-23-61(62)66-60)41-26-34-53-52-16-6-9-22-58(52)65-59(53)36-41/h1-38H. The third-order valence-electron chi connectivity index (χ3n) is 13.6. The van der Waals surface area contributed by atoms with Gasteiger partial charge in [0.15, 0.2) is 0 Å². The van der Waals surface area contributed by atoms with Gasteiger partial charge in [0.2, 0.25) is 0 Å². The smallest absolute Gasteiger partial charge is 0.136 e. The van der Waals surface area contributed by atoms with Gasteiger partial charge >= 0.3 is 0 Å². The van der Waals surface area contributed by atoms with Gasteiger partial charge in [-0.3, -0.25) is 0 Å². The van der Waals surface area contributed by atoms with E-state index in [1.165, 1.54) is 80.2 Å². The van der Waals surface area contributed by atoms with Crippen molar-refractivity contribution in [3.05, 3.63) is 231 Å². The van der Waals surface area contributed by atoms with Crippen molar-refractivity contribution in [3.63, 3.8) is 0 Å². The second-order valence-electron chi connectivity index (χ2n) is 17.2. The Morgan fingerprint density at radius 3 is 1.79 bits per heavy atom. The Kier molecular flexibility index (Phi) is 8.15. The topological polar surface area (TPSA) is 21.3 Å². The van der Waals surface area contributed by atoms with E-state index < -0.39 is 0 Å². The molecule has 0 bridgehead atoms. The summed E-state index contributed by atoms with van der Waals surface area (Å²) >= 11 is 1.85. The Hall–Kier alpha value is -8.44. The number of aromatic nitrogens is 1. The monoisotopic (exact) mass is 858 g/mol. The summed E-state index contributed by atoms with van der Waals surface area (Å²) in [5, 5.41) is 12.2. The summed E-state index contributed by atoms with van der Waals surface area (Å²) in [6.07, 6.45) is 0. The first-order chi connectivity index (χ1) is 32.7. The molecule has 3 heterocycles. The number of thiophene rings is 1. The number of anilines is 3. The molecule has 3 nitrogen and oxygen atoms in total. The molecule has 0 aliphatic rings. The van der Waals surface area contributed by atoms with E-state index >= 15 is 0 Å². The maximum atomic E-state index is 6.40. The molecule has 0 amide bonds. The number of hydrogen-bond donors (Lipinski definition) is 0. The van der Waals surface area contributed by atoms with Crippen LogP contribution in [0.25, 0.3) is 113 Å². The zero-order valence-corrected chi connectivity index (χ0v) is 36.5. The highest BCUT2D eigenvalue weighted by Crippen LogP contribution is 2.46. The minimum absolute atomic E-state index is 0.904. The normalized spacial score (nSPS) is 11.9. The average Bonchev–Trinajstić information content (AvgIpc) is 4.06. The molecule has 0 spiro atoms. The molecule has 0 aliphatic heterocycles. The molecule has 0 N–H and O–H groups in total. The number of benzene rings is 11. The summed E-state index contributed by atoms with van der Waals surface area (Å²) in [5.41, 5.74) is 13.4. The zero-order chi connectivity index (χ0) is 43.3. The Bertz CT molecular complexity index is 4180. The van der Waals surface area contributed by atoms with E-state index in [2.05, 4.69) is 228 Å². The lowest BCUT2D eigenvalue weighted by Crippen LogP contribution is -2.10. The number of furan rings is 1. The van der Waals surface area contributed by atoms with Gasteiger partial charge in [-0.1, -0.05) is 140 Å². The maximum Gasteiger partial charge on any atom is 0.136 e. The molecule has 308 valence electrons. The minimum Gasteiger partial charge on any atom is -0.456 e. The van der Waals surface area contributed by atoms with Gasteiger partial charge in [0, 0.05) is 64.5 Å². The number of para-hydroxylation sites is 3. The minimum atomic E-state index is 0.904. The predicted octanol–water partition coefficient (Wildman–Crippen LogP) is 18.2. The summed E-state index contributed by atoms with van der Waals surface area (Å²) < 4.78 is 11.3. The quantitative estimate of drug-likeness (QED) is 0.155. The second-order valence-corrected chi connectivity index (χ2v) is 18.3. The molecule has 66 heavy (non-hydrogen) atoms. The summed E-state index contributed by atoms with van der Waals surface area (Å²) in [4.78, 5) is 2.43. The van der Waals surface area contributed by atoms with Crippen LogP contribution in [-0.2, 0) is 0 Å². The summed E-state index contributed by atoms with van der Waals surface area (Å²) in [7, 11) is 0. The van der Waals surface area contributed by atoms with E-state index in [-0.39, 0.29) is 0 Å². The molecule has 0 saturated heterocycles. The Balaban J connectivity index is 0.968. The molecular weight excluding hydrogens is 821 g/mol. The van der Waals surface area contributed by atoms with Gasteiger partial charge in [0.05, 0.1) is 11.0 Å². The van der Waals surface area contributed by atoms with Crippen LogP contribution in [0.5, 0.6) is 0 Å². The van der Waals surface area contributed by atoms with Gasteiger partial charge in [-0.25, -0.2) is 0 Å². The van der Waals surface area contributed by atoms with Crippen molar-refractivity contribution in [2.75, 3.05) is 4.90 Å². The van der Waals surface area contributed by atoms with Crippen LogP contribution in [0.2, 0.25) is 0 Å². The van der Waals surface area contributed by atoms with Crippen LogP contribution in [0, 0.1) is 0 Å². The van der Waals surface area contributed by atoms with Gasteiger partial charge in [0.25, 0.3) is 0 Å². The molecule has 11 aromatic carbocycles. The molecule has 0 saturated carbocycles. The zero-order valence-electron chi connectivity index (χ0n) is 35.7. The molecular formula is C62H38N2OS. The molecule has 0 aliphatic carbocycles. The van der Waals surface area contributed by atoms with Gasteiger partial charge in [-0.2, -0.15) is 0 Å². The van der Waals surface area contributed by atoms with Crippen molar-refractivity contribution in [3.8, 4) is 27.9 Å². The Morgan fingerprint density at radius 2 is 0.970 bits per heavy atom. The van der Waals surface area contributed by atoms with Crippen LogP contribution in [0.3, 0.4) is 0 Å². The van der Waals surface area contributed by atoms with E-state index in [0.29, 0.717) is 0 Å². The lowest BCUT2D eigenvalue weighted by Gasteiger charge is -2.26. The van der Waals surface area contributed by atoms with Crippen LogP contribution < -0.4 is 4.90 Å². The SMILES string of the molecule is c1ccc(-c2cccc3c2ccc2ccc(N(c4ccc(-n5c6ccccc6c6ccccc65)cc4)c4ccc5sc6cccc(-c7ccc8c(c7)oc7ccccc78)c6c5c4)cc23)cc1. The van der Waals surface area contributed by atoms with Crippen LogP contribution in [0.1, 0.15) is 0 Å². The molecule has 14 rings (SSSR count). The van der Waals surface area contributed by atoms with Crippen LogP contribution in [0.15, 0.2) is 235 Å². The van der Waals surface area contributed by atoms with Gasteiger partial charge in [-0.05, 0) is 135 Å². The lowest BCUT2D eigenvalue weighted by atomic mass is 9.94. The fourth-order valence-corrected chi connectivity index (χ4v) is 11.7. The van der Waals surface area contributed by atoms with Crippen LogP contribution in [0.4, 0.5) is 17.1 Å². The fourth-order valence-electron chi connectivity index (χ4n) is 10.6. The van der Waals surface area contributed by atoms with Crippen molar-refractivity contribution in [2.24, 2.45) is 0 Å². The van der Waals surface area contributed by atoms with E-state index in [4.69, 9.17) is 4.42 Å². The Morgan fingerprint density at radius 1 is 0.348 bits per heavy atom. The second kappa shape index (κ2) is 14.5. The summed E-state index contributed by atoms with van der Waals surface area (Å²) in [6.45, 7) is 0. The highest BCUT2D eigenvalue weighted by molar-refractivity contribution is 7.26. The van der Waals surface area contributed by atoms with Crippen molar-refractivity contribution >= 4 is 114 Å². The van der Waals surface area contributed by atoms with Gasteiger partial charge in [0.1, 0.15) is 11.2 Å². The van der Waals surface area contributed by atoms with E-state index in [9.17, 15) is 0 Å². The molecule has 3 aromatic heterocycles. The van der Waals surface area contributed by atoms with E-state index in [1.807, 2.05) is 23.5 Å². The molecule has 4 heteroatoms. The van der Waals surface area contributed by atoms with E-state index in [0.717, 1.165) is 50.3 Å². The largest absolute Gasteiger partial charge is 0.456 e. The van der Waals surface area contributed by atoms with Crippen molar-refractivity contribution in [1.82, 2.24) is 4.57 Å². The maximum absolute atomic E-state index is 6.40. The first-order valence-corrected chi connectivity index (χ1v) is 23.3. The van der Waals surface area contributed by atoms with Crippen molar-refractivity contribution in [1.29, 1.82) is 0 Å². The first-order valence-electron chi connectivity index (χ1n) is 22.5. The first kappa shape index (κ1) is 37.0. The lowest BCUT2D eigenvalue weighted by molar-refractivity contribution is 0.669. The molecule has 14 aromatic rings.